The Balaban J connectivity index is 0.00000484. The van der Waals surface area contributed by atoms with Crippen LogP contribution >= 0.6 is 12.4 Å². The minimum atomic E-state index is -3.56. The van der Waals surface area contributed by atoms with Crippen molar-refractivity contribution in [2.75, 3.05) is 26.0 Å². The van der Waals surface area contributed by atoms with Gasteiger partial charge in [0, 0.05) is 31.7 Å². The Morgan fingerprint density at radius 3 is 2.43 bits per heavy atom. The number of hydrogen-bond acceptors (Lipinski definition) is 4. The van der Waals surface area contributed by atoms with Crippen LogP contribution in [0, 0.1) is 6.92 Å². The first-order valence-corrected chi connectivity index (χ1v) is 8.67. The topological polar surface area (TPSA) is 78.5 Å². The van der Waals surface area contributed by atoms with Crippen LogP contribution < -0.4 is 10.6 Å². The summed E-state index contributed by atoms with van der Waals surface area (Å²) in [4.78, 5) is 12.0. The first kappa shape index (κ1) is 21.9. The molecule has 0 unspecified atom stereocenters. The second-order valence-electron chi connectivity index (χ2n) is 5.49. The normalized spacial score (nSPS) is 11.4. The number of carbonyl (C=O) groups excluding carboxylic acids is 1. The molecule has 1 aromatic carbocycles. The van der Waals surface area contributed by atoms with Crippen molar-refractivity contribution in [2.45, 2.75) is 38.1 Å². The maximum atomic E-state index is 12.5. The van der Waals surface area contributed by atoms with Crippen molar-refractivity contribution in [2.24, 2.45) is 0 Å². The summed E-state index contributed by atoms with van der Waals surface area (Å²) < 4.78 is 26.3. The lowest BCUT2D eigenvalue weighted by atomic mass is 10.2. The molecule has 0 saturated heterocycles. The zero-order valence-electron chi connectivity index (χ0n) is 14.2. The standard InChI is InChI=1S/C15H25N3O3S.ClH/c1-11(2)18(5)22(20,21)13-7-6-12(3)14(10-13)17-15(19)8-9-16-4;/h6-7,10-11,16H,8-9H2,1-5H3,(H,17,19);1H. The molecule has 0 radical (unpaired) electrons. The van der Waals surface area contributed by atoms with Crippen molar-refractivity contribution < 1.29 is 13.2 Å². The number of nitrogens with zero attached hydrogens (tertiary/aromatic N) is 1. The highest BCUT2D eigenvalue weighted by Crippen LogP contribution is 2.23. The lowest BCUT2D eigenvalue weighted by molar-refractivity contribution is -0.116. The van der Waals surface area contributed by atoms with Gasteiger partial charge in [-0.05, 0) is 45.5 Å². The molecular formula is C15H26ClN3O3S. The van der Waals surface area contributed by atoms with Crippen LogP contribution in [0.25, 0.3) is 0 Å². The van der Waals surface area contributed by atoms with Crippen LogP contribution in [0.4, 0.5) is 5.69 Å². The molecule has 0 aliphatic rings. The van der Waals surface area contributed by atoms with E-state index in [1.165, 1.54) is 10.4 Å². The molecule has 0 fully saturated rings. The molecule has 0 saturated carbocycles. The highest BCUT2D eigenvalue weighted by Gasteiger charge is 2.23. The van der Waals surface area contributed by atoms with E-state index in [0.29, 0.717) is 18.7 Å². The molecule has 1 rings (SSSR count). The van der Waals surface area contributed by atoms with Gasteiger partial charge in [-0.25, -0.2) is 8.42 Å². The van der Waals surface area contributed by atoms with E-state index < -0.39 is 10.0 Å². The van der Waals surface area contributed by atoms with Gasteiger partial charge >= 0.3 is 0 Å². The van der Waals surface area contributed by atoms with Crippen LogP contribution in [-0.2, 0) is 14.8 Å². The Labute approximate surface area is 145 Å². The smallest absolute Gasteiger partial charge is 0.243 e. The second-order valence-corrected chi connectivity index (χ2v) is 7.49. The third-order valence-corrected chi connectivity index (χ3v) is 5.52. The minimum Gasteiger partial charge on any atom is -0.326 e. The van der Waals surface area contributed by atoms with E-state index in [-0.39, 0.29) is 29.3 Å². The molecule has 6 nitrogen and oxygen atoms in total. The fourth-order valence-electron chi connectivity index (χ4n) is 1.79. The Hall–Kier alpha value is -1.15. The molecule has 23 heavy (non-hydrogen) atoms. The summed E-state index contributed by atoms with van der Waals surface area (Å²) in [6.07, 6.45) is 0.332. The third kappa shape index (κ3) is 5.76. The van der Waals surface area contributed by atoms with Crippen molar-refractivity contribution in [1.82, 2.24) is 9.62 Å². The molecule has 132 valence electrons. The molecule has 2 N–H and O–H groups in total. The van der Waals surface area contributed by atoms with Gasteiger partial charge in [0.1, 0.15) is 0 Å². The zero-order valence-corrected chi connectivity index (χ0v) is 15.8. The molecule has 1 amide bonds. The highest BCUT2D eigenvalue weighted by atomic mass is 35.5. The lowest BCUT2D eigenvalue weighted by Crippen LogP contribution is -2.33. The number of carbonyl (C=O) groups is 1. The summed E-state index contributed by atoms with van der Waals surface area (Å²) >= 11 is 0. The van der Waals surface area contributed by atoms with Crippen LogP contribution in [0.15, 0.2) is 23.1 Å². The Morgan fingerprint density at radius 2 is 1.91 bits per heavy atom. The first-order chi connectivity index (χ1) is 10.2. The number of rotatable bonds is 7. The van der Waals surface area contributed by atoms with Crippen LogP contribution in [0.1, 0.15) is 25.8 Å². The fourth-order valence-corrected chi connectivity index (χ4v) is 3.19. The lowest BCUT2D eigenvalue weighted by Gasteiger charge is -2.21. The summed E-state index contributed by atoms with van der Waals surface area (Å²) in [5.41, 5.74) is 1.35. The van der Waals surface area contributed by atoms with Crippen molar-refractivity contribution in [1.29, 1.82) is 0 Å². The predicted molar refractivity (Wildman–Crippen MR) is 95.7 cm³/mol. The quantitative estimate of drug-likeness (QED) is 0.776. The fraction of sp³-hybridized carbons (Fsp3) is 0.533. The summed E-state index contributed by atoms with van der Waals surface area (Å²) in [6.45, 7) is 6.02. The van der Waals surface area contributed by atoms with E-state index in [0.717, 1.165) is 5.56 Å². The van der Waals surface area contributed by atoms with Crippen molar-refractivity contribution in [3.63, 3.8) is 0 Å². The highest BCUT2D eigenvalue weighted by molar-refractivity contribution is 7.89. The molecule has 0 aliphatic carbocycles. The summed E-state index contributed by atoms with van der Waals surface area (Å²) in [6, 6.07) is 4.64. The average molecular weight is 364 g/mol. The van der Waals surface area contributed by atoms with E-state index >= 15 is 0 Å². The Morgan fingerprint density at radius 1 is 1.30 bits per heavy atom. The van der Waals surface area contributed by atoms with Crippen molar-refractivity contribution >= 4 is 34.0 Å². The first-order valence-electron chi connectivity index (χ1n) is 7.23. The summed E-state index contributed by atoms with van der Waals surface area (Å²) in [5, 5.41) is 5.66. The average Bonchev–Trinajstić information content (AvgIpc) is 2.46. The third-order valence-electron chi connectivity index (χ3n) is 3.49. The second kappa shape index (κ2) is 9.22. The van der Waals surface area contributed by atoms with Crippen molar-refractivity contribution in [3.05, 3.63) is 23.8 Å². The number of aryl methyl sites for hydroxylation is 1. The molecule has 0 aromatic heterocycles. The molecule has 0 aliphatic heterocycles. The maximum absolute atomic E-state index is 12.5. The van der Waals surface area contributed by atoms with Gasteiger partial charge in [0.05, 0.1) is 4.90 Å². The minimum absolute atomic E-state index is 0. The number of sulfonamides is 1. The summed E-state index contributed by atoms with van der Waals surface area (Å²) in [5.74, 6) is -0.149. The van der Waals surface area contributed by atoms with E-state index in [1.54, 1.807) is 26.2 Å². The molecule has 0 atom stereocenters. The number of halogens is 1. The van der Waals surface area contributed by atoms with Gasteiger partial charge < -0.3 is 10.6 Å². The van der Waals surface area contributed by atoms with Crippen LogP contribution in [0.3, 0.4) is 0 Å². The Bertz CT molecular complexity index is 633. The molecular weight excluding hydrogens is 338 g/mol. The SMILES string of the molecule is CNCCC(=O)Nc1cc(S(=O)(=O)N(C)C(C)C)ccc1C.Cl. The van der Waals surface area contributed by atoms with Gasteiger partial charge in [-0.1, -0.05) is 6.07 Å². The van der Waals surface area contributed by atoms with Gasteiger partial charge in [0.25, 0.3) is 0 Å². The molecule has 1 aromatic rings. The van der Waals surface area contributed by atoms with Crippen LogP contribution in [0.2, 0.25) is 0 Å². The van der Waals surface area contributed by atoms with Gasteiger partial charge in [0.2, 0.25) is 15.9 Å². The molecule has 0 bridgehead atoms. The van der Waals surface area contributed by atoms with E-state index in [2.05, 4.69) is 10.6 Å². The van der Waals surface area contributed by atoms with Crippen LogP contribution in [0.5, 0.6) is 0 Å². The van der Waals surface area contributed by atoms with E-state index in [1.807, 2.05) is 20.8 Å². The number of nitrogens with one attached hydrogen (secondary N) is 2. The number of amides is 1. The van der Waals surface area contributed by atoms with E-state index in [4.69, 9.17) is 0 Å². The predicted octanol–water partition coefficient (Wildman–Crippen LogP) is 1.99. The monoisotopic (exact) mass is 363 g/mol. The molecule has 8 heteroatoms. The van der Waals surface area contributed by atoms with E-state index in [9.17, 15) is 13.2 Å². The number of hydrogen-bond donors (Lipinski definition) is 2. The van der Waals surface area contributed by atoms with Gasteiger partial charge in [-0.15, -0.1) is 12.4 Å². The van der Waals surface area contributed by atoms with Crippen molar-refractivity contribution in [3.8, 4) is 0 Å². The Kier molecular flexibility index (Phi) is 8.76. The number of benzene rings is 1. The zero-order chi connectivity index (χ0) is 16.9. The molecule has 0 heterocycles. The number of anilines is 1. The summed E-state index contributed by atoms with van der Waals surface area (Å²) in [7, 11) is -0.243. The maximum Gasteiger partial charge on any atom is 0.243 e. The van der Waals surface area contributed by atoms with Gasteiger partial charge in [0.15, 0.2) is 0 Å². The largest absolute Gasteiger partial charge is 0.326 e. The van der Waals surface area contributed by atoms with Gasteiger partial charge in [-0.3, -0.25) is 4.79 Å². The molecule has 0 spiro atoms. The van der Waals surface area contributed by atoms with Crippen LogP contribution in [-0.4, -0.2) is 45.3 Å². The van der Waals surface area contributed by atoms with Gasteiger partial charge in [-0.2, -0.15) is 4.31 Å².